The summed E-state index contributed by atoms with van der Waals surface area (Å²) >= 11 is 0. The first kappa shape index (κ1) is 19.5. The second kappa shape index (κ2) is 9.02. The number of non-ortho nitro benzene ring substituents is 2. The van der Waals surface area contributed by atoms with Gasteiger partial charge in [-0.05, 0) is 25.0 Å². The van der Waals surface area contributed by atoms with Gasteiger partial charge < -0.3 is 10.6 Å². The van der Waals surface area contributed by atoms with Crippen molar-refractivity contribution < 1.29 is 9.85 Å². The molecule has 2 rings (SSSR count). The highest BCUT2D eigenvalue weighted by atomic mass is 16.6. The summed E-state index contributed by atoms with van der Waals surface area (Å²) in [7, 11) is 0. The molecule has 0 amide bonds. The Bertz CT molecular complexity index is 681. The van der Waals surface area contributed by atoms with Crippen LogP contribution in [0.5, 0.6) is 0 Å². The zero-order chi connectivity index (χ0) is 19.1. The SMILES string of the molecule is C[C@@H](NCCN[C@H](C)c1ccc([N+](=O)[O-])cc1)c1ccc([N+](=O)[O-])cc1. The Hall–Kier alpha value is -2.84. The number of benzene rings is 2. The van der Waals surface area contributed by atoms with Gasteiger partial charge in [0.1, 0.15) is 0 Å². The molecule has 8 heteroatoms. The summed E-state index contributed by atoms with van der Waals surface area (Å²) < 4.78 is 0. The summed E-state index contributed by atoms with van der Waals surface area (Å²) in [5, 5.41) is 28.1. The first-order valence-electron chi connectivity index (χ1n) is 8.34. The van der Waals surface area contributed by atoms with Crippen LogP contribution >= 0.6 is 0 Å². The summed E-state index contributed by atoms with van der Waals surface area (Å²) in [5.74, 6) is 0. The van der Waals surface area contributed by atoms with Gasteiger partial charge in [0.25, 0.3) is 11.4 Å². The molecule has 2 aromatic rings. The molecule has 2 N–H and O–H groups in total. The number of nitro groups is 2. The molecule has 0 radical (unpaired) electrons. The van der Waals surface area contributed by atoms with Crippen molar-refractivity contribution in [2.24, 2.45) is 0 Å². The number of rotatable bonds is 9. The average Bonchev–Trinajstić information content (AvgIpc) is 2.65. The Labute approximate surface area is 151 Å². The summed E-state index contributed by atoms with van der Waals surface area (Å²) in [6.07, 6.45) is 0. The Morgan fingerprint density at radius 3 is 1.31 bits per heavy atom. The van der Waals surface area contributed by atoms with Crippen molar-refractivity contribution in [2.75, 3.05) is 13.1 Å². The molecule has 0 spiro atoms. The summed E-state index contributed by atoms with van der Waals surface area (Å²) in [5.41, 5.74) is 2.14. The van der Waals surface area contributed by atoms with Gasteiger partial charge in [0.05, 0.1) is 9.85 Å². The molecule has 0 heterocycles. The molecule has 0 unspecified atom stereocenters. The fraction of sp³-hybridized carbons (Fsp3) is 0.333. The Morgan fingerprint density at radius 1 is 0.731 bits per heavy atom. The molecule has 0 aromatic heterocycles. The number of nitrogens with zero attached hydrogens (tertiary/aromatic N) is 2. The minimum absolute atomic E-state index is 0.0762. The Morgan fingerprint density at radius 2 is 1.04 bits per heavy atom. The van der Waals surface area contributed by atoms with Crippen LogP contribution in [0.2, 0.25) is 0 Å². The van der Waals surface area contributed by atoms with Gasteiger partial charge in [-0.25, -0.2) is 0 Å². The molecule has 0 fully saturated rings. The quantitative estimate of drug-likeness (QED) is 0.403. The molecule has 138 valence electrons. The van der Waals surface area contributed by atoms with E-state index >= 15 is 0 Å². The summed E-state index contributed by atoms with van der Waals surface area (Å²) in [6, 6.07) is 13.2. The van der Waals surface area contributed by atoms with Crippen molar-refractivity contribution in [3.8, 4) is 0 Å². The number of nitrogens with one attached hydrogen (secondary N) is 2. The van der Waals surface area contributed by atoms with Crippen LogP contribution in [0.15, 0.2) is 48.5 Å². The highest BCUT2D eigenvalue weighted by molar-refractivity contribution is 5.34. The topological polar surface area (TPSA) is 110 Å². The minimum atomic E-state index is -0.411. The van der Waals surface area contributed by atoms with E-state index in [0.717, 1.165) is 24.2 Å². The van der Waals surface area contributed by atoms with Crippen LogP contribution in [0.3, 0.4) is 0 Å². The van der Waals surface area contributed by atoms with Gasteiger partial charge in [0.2, 0.25) is 0 Å². The van der Waals surface area contributed by atoms with Gasteiger partial charge in [-0.3, -0.25) is 20.2 Å². The predicted octanol–water partition coefficient (Wildman–Crippen LogP) is 3.50. The lowest BCUT2D eigenvalue weighted by molar-refractivity contribution is -0.385. The lowest BCUT2D eigenvalue weighted by Crippen LogP contribution is -2.30. The molecular formula is C18H22N4O4. The van der Waals surface area contributed by atoms with Crippen molar-refractivity contribution in [1.29, 1.82) is 0 Å². The van der Waals surface area contributed by atoms with Gasteiger partial charge in [0, 0.05) is 49.4 Å². The molecule has 8 nitrogen and oxygen atoms in total. The van der Waals surface area contributed by atoms with E-state index in [1.807, 2.05) is 13.8 Å². The third-order valence-electron chi connectivity index (χ3n) is 4.23. The fourth-order valence-corrected chi connectivity index (χ4v) is 2.58. The molecule has 26 heavy (non-hydrogen) atoms. The zero-order valence-corrected chi connectivity index (χ0v) is 14.7. The predicted molar refractivity (Wildman–Crippen MR) is 99.0 cm³/mol. The molecule has 0 saturated carbocycles. The summed E-state index contributed by atoms with van der Waals surface area (Å²) in [4.78, 5) is 20.5. The lowest BCUT2D eigenvalue weighted by Gasteiger charge is -2.17. The van der Waals surface area contributed by atoms with Crippen LogP contribution in [-0.2, 0) is 0 Å². The molecule has 0 aliphatic rings. The highest BCUT2D eigenvalue weighted by Gasteiger charge is 2.10. The summed E-state index contributed by atoms with van der Waals surface area (Å²) in [6.45, 7) is 5.44. The van der Waals surface area contributed by atoms with E-state index < -0.39 is 9.85 Å². The standard InChI is InChI=1S/C18H22N4O4/c1-13(15-3-7-17(8-4-15)21(23)24)19-11-12-20-14(2)16-5-9-18(10-6-16)22(25)26/h3-10,13-14,19-20H,11-12H2,1-2H3/t13-,14-/m1/s1. The monoisotopic (exact) mass is 358 g/mol. The van der Waals surface area contributed by atoms with Crippen LogP contribution < -0.4 is 10.6 Å². The molecule has 2 aromatic carbocycles. The molecule has 2 atom stereocenters. The normalized spacial score (nSPS) is 13.2. The van der Waals surface area contributed by atoms with Gasteiger partial charge in [-0.1, -0.05) is 24.3 Å². The van der Waals surface area contributed by atoms with E-state index in [1.165, 1.54) is 24.3 Å². The maximum Gasteiger partial charge on any atom is 0.269 e. The minimum Gasteiger partial charge on any atom is -0.309 e. The number of hydrogen-bond acceptors (Lipinski definition) is 6. The van der Waals surface area contributed by atoms with E-state index in [9.17, 15) is 20.2 Å². The van der Waals surface area contributed by atoms with E-state index in [1.54, 1.807) is 24.3 Å². The van der Waals surface area contributed by atoms with E-state index in [-0.39, 0.29) is 23.5 Å². The Kier molecular flexibility index (Phi) is 6.76. The Balaban J connectivity index is 1.76. The van der Waals surface area contributed by atoms with Crippen molar-refractivity contribution in [3.05, 3.63) is 79.9 Å². The molecule has 0 bridgehead atoms. The zero-order valence-electron chi connectivity index (χ0n) is 14.7. The molecule has 0 aliphatic heterocycles. The molecule has 0 aliphatic carbocycles. The van der Waals surface area contributed by atoms with Crippen LogP contribution in [0.4, 0.5) is 11.4 Å². The van der Waals surface area contributed by atoms with E-state index in [2.05, 4.69) is 10.6 Å². The van der Waals surface area contributed by atoms with Crippen molar-refractivity contribution in [3.63, 3.8) is 0 Å². The first-order chi connectivity index (χ1) is 12.4. The van der Waals surface area contributed by atoms with Gasteiger partial charge in [0.15, 0.2) is 0 Å². The van der Waals surface area contributed by atoms with Crippen LogP contribution in [0, 0.1) is 20.2 Å². The third-order valence-corrected chi connectivity index (χ3v) is 4.23. The van der Waals surface area contributed by atoms with Gasteiger partial charge in [-0.15, -0.1) is 0 Å². The number of nitro benzene ring substituents is 2. The highest BCUT2D eigenvalue weighted by Crippen LogP contribution is 2.18. The molecule has 0 saturated heterocycles. The van der Waals surface area contributed by atoms with Crippen molar-refractivity contribution in [1.82, 2.24) is 10.6 Å². The second-order valence-corrected chi connectivity index (χ2v) is 6.05. The fourth-order valence-electron chi connectivity index (χ4n) is 2.58. The third kappa shape index (κ3) is 5.33. The maximum atomic E-state index is 10.7. The smallest absolute Gasteiger partial charge is 0.269 e. The van der Waals surface area contributed by atoms with Crippen LogP contribution in [0.1, 0.15) is 37.1 Å². The largest absolute Gasteiger partial charge is 0.309 e. The second-order valence-electron chi connectivity index (χ2n) is 6.05. The van der Waals surface area contributed by atoms with Crippen LogP contribution in [0.25, 0.3) is 0 Å². The average molecular weight is 358 g/mol. The first-order valence-corrected chi connectivity index (χ1v) is 8.34. The van der Waals surface area contributed by atoms with E-state index in [0.29, 0.717) is 0 Å². The number of hydrogen-bond donors (Lipinski definition) is 2. The molecular weight excluding hydrogens is 336 g/mol. The van der Waals surface area contributed by atoms with Gasteiger partial charge in [-0.2, -0.15) is 0 Å². The van der Waals surface area contributed by atoms with Gasteiger partial charge >= 0.3 is 0 Å². The maximum absolute atomic E-state index is 10.7. The van der Waals surface area contributed by atoms with E-state index in [4.69, 9.17) is 0 Å². The van der Waals surface area contributed by atoms with Crippen molar-refractivity contribution in [2.45, 2.75) is 25.9 Å². The van der Waals surface area contributed by atoms with Crippen LogP contribution in [-0.4, -0.2) is 22.9 Å². The van der Waals surface area contributed by atoms with Crippen molar-refractivity contribution >= 4 is 11.4 Å². The lowest BCUT2D eigenvalue weighted by atomic mass is 10.1.